The smallest absolute Gasteiger partial charge is 0.161 e. The van der Waals surface area contributed by atoms with Crippen LogP contribution in [0.2, 0.25) is 0 Å². The Morgan fingerprint density at radius 1 is 1.17 bits per heavy atom. The van der Waals surface area contributed by atoms with Gasteiger partial charge in [0.2, 0.25) is 0 Å². The quantitative estimate of drug-likeness (QED) is 0.748. The summed E-state index contributed by atoms with van der Waals surface area (Å²) in [7, 11) is 3.33. The van der Waals surface area contributed by atoms with Gasteiger partial charge >= 0.3 is 0 Å². The van der Waals surface area contributed by atoms with Gasteiger partial charge in [-0.3, -0.25) is 4.99 Å². The summed E-state index contributed by atoms with van der Waals surface area (Å²) in [6, 6.07) is 6.50. The fourth-order valence-electron chi connectivity index (χ4n) is 2.06. The molecule has 1 aromatic carbocycles. The summed E-state index contributed by atoms with van der Waals surface area (Å²) in [4.78, 5) is 4.54. The Morgan fingerprint density at radius 2 is 1.83 bits per heavy atom. The minimum Gasteiger partial charge on any atom is -0.493 e. The van der Waals surface area contributed by atoms with Crippen LogP contribution in [0.15, 0.2) is 23.2 Å². The number of hydrogen-bond acceptors (Lipinski definition) is 3. The number of nitrogens with zero attached hydrogens (tertiary/aromatic N) is 1. The molecule has 0 atom stereocenters. The molecule has 1 fully saturated rings. The van der Waals surface area contributed by atoms with Gasteiger partial charge in [-0.2, -0.15) is 0 Å². The van der Waals surface area contributed by atoms with E-state index in [2.05, 4.69) is 37.2 Å². The second-order valence-electron chi connectivity index (χ2n) is 5.10. The van der Waals surface area contributed by atoms with Crippen LogP contribution in [0.1, 0.15) is 32.3 Å². The second-order valence-corrected chi connectivity index (χ2v) is 5.10. The van der Waals surface area contributed by atoms with Gasteiger partial charge in [-0.25, -0.2) is 0 Å². The van der Waals surface area contributed by atoms with E-state index in [9.17, 15) is 0 Å². The maximum atomic E-state index is 5.36. The summed E-state index contributed by atoms with van der Waals surface area (Å²) >= 11 is 0. The van der Waals surface area contributed by atoms with Gasteiger partial charge in [-0.15, -0.1) is 0 Å². The van der Waals surface area contributed by atoms with Gasteiger partial charge in [0.15, 0.2) is 11.5 Å². The van der Waals surface area contributed by atoms with Crippen LogP contribution < -0.4 is 9.47 Å². The van der Waals surface area contributed by atoms with E-state index >= 15 is 0 Å². The molecule has 0 bridgehead atoms. The zero-order valence-corrected chi connectivity index (χ0v) is 11.6. The molecular formula is C15H21NO2. The Kier molecular flexibility index (Phi) is 3.60. The molecule has 0 saturated heterocycles. The number of ether oxygens (including phenoxy) is 2. The highest BCUT2D eigenvalue weighted by molar-refractivity contribution is 5.78. The van der Waals surface area contributed by atoms with Crippen LogP contribution in [-0.4, -0.2) is 26.5 Å². The van der Waals surface area contributed by atoms with Crippen LogP contribution in [0, 0.1) is 0 Å². The van der Waals surface area contributed by atoms with Gasteiger partial charge < -0.3 is 9.47 Å². The van der Waals surface area contributed by atoms with Crippen molar-refractivity contribution in [2.75, 3.05) is 14.2 Å². The molecule has 1 aromatic rings. The summed E-state index contributed by atoms with van der Waals surface area (Å²) in [5.41, 5.74) is 1.40. The van der Waals surface area contributed by atoms with Crippen molar-refractivity contribution in [2.24, 2.45) is 4.99 Å². The Bertz CT molecular complexity index is 448. The normalized spacial score (nSPS) is 17.2. The molecule has 0 N–H and O–H groups in total. The molecule has 0 radical (unpaired) electrons. The Labute approximate surface area is 109 Å². The first-order valence-electron chi connectivity index (χ1n) is 6.38. The number of rotatable bonds is 5. The van der Waals surface area contributed by atoms with Crippen LogP contribution in [0.25, 0.3) is 0 Å². The van der Waals surface area contributed by atoms with Gasteiger partial charge in [0.05, 0.1) is 14.2 Å². The maximum Gasteiger partial charge on any atom is 0.161 e. The molecule has 0 heterocycles. The molecular weight excluding hydrogens is 226 g/mol. The largest absolute Gasteiger partial charge is 0.493 e. The third-order valence-corrected chi connectivity index (χ3v) is 3.37. The minimum atomic E-state index is 0.129. The van der Waals surface area contributed by atoms with Crippen molar-refractivity contribution in [2.45, 2.75) is 38.1 Å². The van der Waals surface area contributed by atoms with Crippen molar-refractivity contribution in [3.63, 3.8) is 0 Å². The van der Waals surface area contributed by atoms with Crippen LogP contribution >= 0.6 is 0 Å². The number of methoxy groups -OCH3 is 2. The fourth-order valence-corrected chi connectivity index (χ4v) is 2.06. The van der Waals surface area contributed by atoms with E-state index in [1.807, 2.05) is 6.07 Å². The van der Waals surface area contributed by atoms with Crippen molar-refractivity contribution >= 4 is 6.21 Å². The summed E-state index contributed by atoms with van der Waals surface area (Å²) in [5, 5.41) is 0. The molecule has 0 unspecified atom stereocenters. The molecule has 0 amide bonds. The average molecular weight is 247 g/mol. The lowest BCUT2D eigenvalue weighted by Crippen LogP contribution is -2.10. The van der Waals surface area contributed by atoms with E-state index in [0.29, 0.717) is 6.04 Å². The minimum absolute atomic E-state index is 0.129. The highest BCUT2D eigenvalue weighted by Crippen LogP contribution is 2.48. The van der Waals surface area contributed by atoms with E-state index in [1.54, 1.807) is 14.2 Å². The van der Waals surface area contributed by atoms with E-state index < -0.39 is 0 Å². The first-order chi connectivity index (χ1) is 8.61. The van der Waals surface area contributed by atoms with Crippen molar-refractivity contribution in [3.8, 4) is 11.5 Å². The summed E-state index contributed by atoms with van der Waals surface area (Å²) in [5.74, 6) is 1.57. The van der Waals surface area contributed by atoms with Gasteiger partial charge in [0.25, 0.3) is 0 Å². The molecule has 98 valence electrons. The Hall–Kier alpha value is -1.51. The van der Waals surface area contributed by atoms with Crippen LogP contribution in [0.4, 0.5) is 0 Å². The number of hydrogen-bond donors (Lipinski definition) is 0. The highest BCUT2D eigenvalue weighted by Gasteiger charge is 2.43. The summed E-state index contributed by atoms with van der Waals surface area (Å²) < 4.78 is 10.6. The molecule has 18 heavy (non-hydrogen) atoms. The van der Waals surface area contributed by atoms with Gasteiger partial charge in [-0.1, -0.05) is 6.07 Å². The van der Waals surface area contributed by atoms with Crippen molar-refractivity contribution in [1.82, 2.24) is 0 Å². The van der Waals surface area contributed by atoms with Gasteiger partial charge in [0.1, 0.15) is 0 Å². The fraction of sp³-hybridized carbons (Fsp3) is 0.533. The van der Waals surface area contributed by atoms with E-state index in [4.69, 9.17) is 9.47 Å². The molecule has 1 aliphatic rings. The third kappa shape index (κ3) is 2.50. The Morgan fingerprint density at radius 3 is 2.33 bits per heavy atom. The lowest BCUT2D eigenvalue weighted by atomic mass is 9.97. The predicted octanol–water partition coefficient (Wildman–Crippen LogP) is 3.21. The zero-order valence-electron chi connectivity index (χ0n) is 11.6. The molecule has 0 aliphatic heterocycles. The maximum absolute atomic E-state index is 5.36. The molecule has 2 rings (SSSR count). The lowest BCUT2D eigenvalue weighted by Gasteiger charge is -2.14. The molecule has 1 saturated carbocycles. The van der Waals surface area contributed by atoms with Crippen LogP contribution in [0.3, 0.4) is 0 Å². The third-order valence-electron chi connectivity index (χ3n) is 3.37. The standard InChI is InChI=1S/C15H21NO2/c1-11(2)16-10-15(7-8-15)12-5-6-13(17-3)14(9-12)18-4/h5-6,9-11H,7-8H2,1-4H3. The highest BCUT2D eigenvalue weighted by atomic mass is 16.5. The van der Waals surface area contributed by atoms with E-state index in [1.165, 1.54) is 18.4 Å². The molecule has 3 heteroatoms. The van der Waals surface area contributed by atoms with E-state index in [-0.39, 0.29) is 5.41 Å². The summed E-state index contributed by atoms with van der Waals surface area (Å²) in [6.45, 7) is 4.20. The molecule has 1 aliphatic carbocycles. The van der Waals surface area contributed by atoms with Crippen molar-refractivity contribution < 1.29 is 9.47 Å². The van der Waals surface area contributed by atoms with Crippen molar-refractivity contribution in [1.29, 1.82) is 0 Å². The monoisotopic (exact) mass is 247 g/mol. The first-order valence-corrected chi connectivity index (χ1v) is 6.38. The van der Waals surface area contributed by atoms with Gasteiger partial charge in [0, 0.05) is 17.7 Å². The topological polar surface area (TPSA) is 30.8 Å². The molecule has 3 nitrogen and oxygen atoms in total. The van der Waals surface area contributed by atoms with Crippen molar-refractivity contribution in [3.05, 3.63) is 23.8 Å². The van der Waals surface area contributed by atoms with Crippen LogP contribution in [-0.2, 0) is 5.41 Å². The Balaban J connectivity index is 2.28. The zero-order chi connectivity index (χ0) is 13.2. The lowest BCUT2D eigenvalue weighted by molar-refractivity contribution is 0.354. The first kappa shape index (κ1) is 12.9. The molecule has 0 spiro atoms. The predicted molar refractivity (Wildman–Crippen MR) is 74.1 cm³/mol. The van der Waals surface area contributed by atoms with E-state index in [0.717, 1.165) is 11.5 Å². The number of aliphatic imine (C=N–C) groups is 1. The average Bonchev–Trinajstić information content (AvgIpc) is 3.16. The number of benzene rings is 1. The molecule has 0 aromatic heterocycles. The summed E-state index contributed by atoms with van der Waals surface area (Å²) in [6.07, 6.45) is 4.44. The van der Waals surface area contributed by atoms with Crippen LogP contribution in [0.5, 0.6) is 11.5 Å². The SMILES string of the molecule is COc1ccc(C2(C=NC(C)C)CC2)cc1OC. The second kappa shape index (κ2) is 5.01. The van der Waals surface area contributed by atoms with Gasteiger partial charge in [-0.05, 0) is 44.4 Å².